The van der Waals surface area contributed by atoms with Crippen LogP contribution in [0.5, 0.6) is 0 Å². The molecule has 1 aliphatic rings. The molecule has 2 aromatic heterocycles. The number of nitrogens with one attached hydrogen (secondary N) is 1. The van der Waals surface area contributed by atoms with Crippen molar-refractivity contribution in [2.45, 2.75) is 31.9 Å². The molecule has 10 heteroatoms. The largest absolute Gasteiger partial charge is 0.390 e. The molecule has 4 aromatic rings. The van der Waals surface area contributed by atoms with Crippen LogP contribution in [0.15, 0.2) is 67.0 Å². The smallest absolute Gasteiger partial charge is 0.232 e. The van der Waals surface area contributed by atoms with E-state index in [1.54, 1.807) is 19.3 Å². The van der Waals surface area contributed by atoms with Crippen LogP contribution in [0.25, 0.3) is 11.0 Å². The summed E-state index contributed by atoms with van der Waals surface area (Å²) in [7, 11) is -1.82. The van der Waals surface area contributed by atoms with Crippen LogP contribution < -0.4 is 14.5 Å². The van der Waals surface area contributed by atoms with Gasteiger partial charge in [-0.05, 0) is 61.7 Å². The molecule has 1 fully saturated rings. The highest BCUT2D eigenvalue weighted by Crippen LogP contribution is 2.28. The van der Waals surface area contributed by atoms with E-state index in [2.05, 4.69) is 27.3 Å². The monoisotopic (exact) mass is 520 g/mol. The Bertz CT molecular complexity index is 1500. The van der Waals surface area contributed by atoms with Gasteiger partial charge in [0.15, 0.2) is 0 Å². The summed E-state index contributed by atoms with van der Waals surface area (Å²) in [6.07, 6.45) is 6.43. The van der Waals surface area contributed by atoms with E-state index in [1.807, 2.05) is 54.1 Å². The third-order valence-corrected chi connectivity index (χ3v) is 8.19. The van der Waals surface area contributed by atoms with Gasteiger partial charge in [0.25, 0.3) is 0 Å². The Morgan fingerprint density at radius 1 is 1.08 bits per heavy atom. The van der Waals surface area contributed by atoms with Crippen LogP contribution in [0, 0.1) is 0 Å². The van der Waals surface area contributed by atoms with Crippen LogP contribution in [-0.4, -0.2) is 60.1 Å². The fourth-order valence-corrected chi connectivity index (χ4v) is 5.14. The van der Waals surface area contributed by atoms with Gasteiger partial charge in [0.05, 0.1) is 24.1 Å². The average molecular weight is 521 g/mol. The molecule has 0 aliphatic carbocycles. The first-order valence-electron chi connectivity index (χ1n) is 12.3. The SMILES string of the molecule is CN(c1ccccc1Cn1ccc2cnc(Nc3ccc(N4CCC(C)(O)CC4)cc3)nc21)S(C)(=O)=O. The normalized spacial score (nSPS) is 15.6. The molecule has 2 aromatic carbocycles. The number of fused-ring (bicyclic) bond motifs is 1. The summed E-state index contributed by atoms with van der Waals surface area (Å²) in [4.78, 5) is 11.5. The van der Waals surface area contributed by atoms with Crippen molar-refractivity contribution in [3.05, 3.63) is 72.6 Å². The summed E-state index contributed by atoms with van der Waals surface area (Å²) in [5.74, 6) is 0.482. The Morgan fingerprint density at radius 3 is 2.49 bits per heavy atom. The molecule has 0 radical (unpaired) electrons. The third kappa shape index (κ3) is 5.55. The Labute approximate surface area is 217 Å². The van der Waals surface area contributed by atoms with Crippen molar-refractivity contribution in [1.82, 2.24) is 14.5 Å². The maximum Gasteiger partial charge on any atom is 0.232 e. The number of sulfonamides is 1. The fraction of sp³-hybridized carbons (Fsp3) is 0.333. The number of nitrogens with zero attached hydrogens (tertiary/aromatic N) is 5. The lowest BCUT2D eigenvalue weighted by molar-refractivity contribution is 0.0351. The van der Waals surface area contributed by atoms with E-state index in [0.29, 0.717) is 18.2 Å². The second-order valence-corrected chi connectivity index (χ2v) is 11.9. The first kappa shape index (κ1) is 25.0. The molecule has 1 aliphatic heterocycles. The van der Waals surface area contributed by atoms with Crippen LogP contribution >= 0.6 is 0 Å². The van der Waals surface area contributed by atoms with Crippen LogP contribution in [0.1, 0.15) is 25.3 Å². The van der Waals surface area contributed by atoms with E-state index < -0.39 is 15.6 Å². The van der Waals surface area contributed by atoms with E-state index >= 15 is 0 Å². The molecule has 3 heterocycles. The average Bonchev–Trinajstić information content (AvgIpc) is 3.26. The summed E-state index contributed by atoms with van der Waals surface area (Å²) < 4.78 is 27.6. The minimum atomic E-state index is -3.38. The lowest BCUT2D eigenvalue weighted by Gasteiger charge is -2.37. The summed E-state index contributed by atoms with van der Waals surface area (Å²) >= 11 is 0. The van der Waals surface area contributed by atoms with Crippen molar-refractivity contribution in [2.24, 2.45) is 0 Å². The molecule has 2 N–H and O–H groups in total. The van der Waals surface area contributed by atoms with Crippen LogP contribution in [-0.2, 0) is 16.6 Å². The summed E-state index contributed by atoms with van der Waals surface area (Å²) in [6, 6.07) is 17.6. The van der Waals surface area contributed by atoms with E-state index in [9.17, 15) is 13.5 Å². The van der Waals surface area contributed by atoms with Crippen LogP contribution in [0.3, 0.4) is 0 Å². The molecule has 9 nitrogen and oxygen atoms in total. The van der Waals surface area contributed by atoms with Gasteiger partial charge < -0.3 is 19.9 Å². The third-order valence-electron chi connectivity index (χ3n) is 7.00. The van der Waals surface area contributed by atoms with Crippen molar-refractivity contribution in [1.29, 1.82) is 0 Å². The summed E-state index contributed by atoms with van der Waals surface area (Å²) in [6.45, 7) is 4.03. The number of hydrogen-bond acceptors (Lipinski definition) is 7. The lowest BCUT2D eigenvalue weighted by Crippen LogP contribution is -2.42. The highest BCUT2D eigenvalue weighted by Gasteiger charge is 2.27. The molecule has 0 amide bonds. The van der Waals surface area contributed by atoms with Gasteiger partial charge in [-0.3, -0.25) is 4.31 Å². The molecular weight excluding hydrogens is 488 g/mol. The molecule has 0 spiro atoms. The Morgan fingerprint density at radius 2 is 1.78 bits per heavy atom. The van der Waals surface area contributed by atoms with Gasteiger partial charge in [-0.2, -0.15) is 4.98 Å². The number of piperidine rings is 1. The number of para-hydroxylation sites is 1. The Hall–Kier alpha value is -3.63. The number of hydrogen-bond donors (Lipinski definition) is 2. The number of rotatable bonds is 7. The highest BCUT2D eigenvalue weighted by atomic mass is 32.2. The van der Waals surface area contributed by atoms with Gasteiger partial charge in [-0.1, -0.05) is 18.2 Å². The molecular formula is C27H32N6O3S. The van der Waals surface area contributed by atoms with E-state index in [4.69, 9.17) is 4.98 Å². The second kappa shape index (κ2) is 9.68. The minimum absolute atomic E-state index is 0.466. The van der Waals surface area contributed by atoms with Crippen molar-refractivity contribution in [2.75, 3.05) is 40.9 Å². The number of anilines is 4. The molecule has 37 heavy (non-hydrogen) atoms. The topological polar surface area (TPSA) is 104 Å². The summed E-state index contributed by atoms with van der Waals surface area (Å²) in [5.41, 5.74) is 3.70. The highest BCUT2D eigenvalue weighted by molar-refractivity contribution is 7.92. The van der Waals surface area contributed by atoms with Crippen molar-refractivity contribution >= 4 is 44.1 Å². The zero-order chi connectivity index (χ0) is 26.2. The van der Waals surface area contributed by atoms with E-state index in [1.165, 1.54) is 10.6 Å². The molecule has 0 saturated carbocycles. The Kier molecular flexibility index (Phi) is 6.55. The van der Waals surface area contributed by atoms with Gasteiger partial charge >= 0.3 is 0 Å². The maximum atomic E-state index is 12.1. The van der Waals surface area contributed by atoms with Gasteiger partial charge in [-0.15, -0.1) is 0 Å². The first-order valence-corrected chi connectivity index (χ1v) is 14.1. The molecule has 0 unspecified atom stereocenters. The predicted octanol–water partition coefficient (Wildman–Crippen LogP) is 3.97. The van der Waals surface area contributed by atoms with E-state index in [-0.39, 0.29) is 0 Å². The molecule has 0 atom stereocenters. The van der Waals surface area contributed by atoms with E-state index in [0.717, 1.165) is 53.9 Å². The van der Waals surface area contributed by atoms with Crippen LogP contribution in [0.2, 0.25) is 0 Å². The minimum Gasteiger partial charge on any atom is -0.390 e. The standard InChI is InChI=1S/C27H32N6O3S/c1-27(34)13-16-32(17-14-27)23-10-8-22(9-11-23)29-26-28-18-20-12-15-33(25(20)30-26)19-21-6-4-5-7-24(21)31(2)37(3,35)36/h4-12,15,18,34H,13-14,16-17,19H2,1-3H3,(H,28,29,30). The molecule has 194 valence electrons. The Balaban J connectivity index is 1.34. The zero-order valence-corrected chi connectivity index (χ0v) is 22.1. The van der Waals surface area contributed by atoms with Crippen LogP contribution in [0.4, 0.5) is 23.0 Å². The molecule has 0 bridgehead atoms. The van der Waals surface area contributed by atoms with Gasteiger partial charge in [0, 0.05) is 49.3 Å². The van der Waals surface area contributed by atoms with Gasteiger partial charge in [0.2, 0.25) is 16.0 Å². The predicted molar refractivity (Wildman–Crippen MR) is 148 cm³/mol. The summed E-state index contributed by atoms with van der Waals surface area (Å²) in [5, 5.41) is 14.4. The fourth-order valence-electron chi connectivity index (χ4n) is 4.60. The number of aliphatic hydroxyl groups is 1. The van der Waals surface area contributed by atoms with Crippen molar-refractivity contribution in [3.63, 3.8) is 0 Å². The molecule has 1 saturated heterocycles. The van der Waals surface area contributed by atoms with Crippen molar-refractivity contribution in [3.8, 4) is 0 Å². The first-order chi connectivity index (χ1) is 17.6. The maximum absolute atomic E-state index is 12.1. The zero-order valence-electron chi connectivity index (χ0n) is 21.3. The molecule has 5 rings (SSSR count). The number of benzene rings is 2. The van der Waals surface area contributed by atoms with Gasteiger partial charge in [0.1, 0.15) is 5.65 Å². The lowest BCUT2D eigenvalue weighted by atomic mass is 9.93. The van der Waals surface area contributed by atoms with Crippen molar-refractivity contribution < 1.29 is 13.5 Å². The quantitative estimate of drug-likeness (QED) is 0.380. The second-order valence-electron chi connectivity index (χ2n) is 9.93. The van der Waals surface area contributed by atoms with Gasteiger partial charge in [-0.25, -0.2) is 13.4 Å². The number of aromatic nitrogens is 3.